The highest BCUT2D eigenvalue weighted by Gasteiger charge is 1.94. The molecule has 0 aliphatic carbocycles. The van der Waals surface area contributed by atoms with Crippen molar-refractivity contribution >= 4 is 0 Å². The van der Waals surface area contributed by atoms with E-state index in [4.69, 9.17) is 4.74 Å². The van der Waals surface area contributed by atoms with Gasteiger partial charge in [0.15, 0.2) is 0 Å². The van der Waals surface area contributed by atoms with Crippen LogP contribution in [-0.4, -0.2) is 51.8 Å². The van der Waals surface area contributed by atoms with Crippen LogP contribution in [0.2, 0.25) is 0 Å². The molecule has 3 nitrogen and oxygen atoms in total. The zero-order valence-corrected chi connectivity index (χ0v) is 11.6. The van der Waals surface area contributed by atoms with Gasteiger partial charge in [-0.05, 0) is 52.4 Å². The fraction of sp³-hybridized carbons (Fsp3) is 1.00. The van der Waals surface area contributed by atoms with E-state index in [0.29, 0.717) is 0 Å². The van der Waals surface area contributed by atoms with Gasteiger partial charge in [0.2, 0.25) is 0 Å². The largest absolute Gasteiger partial charge is 0.380 e. The van der Waals surface area contributed by atoms with Crippen LogP contribution in [0.3, 0.4) is 0 Å². The molecule has 0 aromatic rings. The molecule has 0 amide bonds. The van der Waals surface area contributed by atoms with E-state index < -0.39 is 0 Å². The summed E-state index contributed by atoms with van der Waals surface area (Å²) in [5, 5.41) is 3.40. The molecular weight excluding hydrogens is 200 g/mol. The molecule has 0 aliphatic heterocycles. The van der Waals surface area contributed by atoms with Crippen LogP contribution in [-0.2, 0) is 4.74 Å². The molecule has 0 bridgehead atoms. The van der Waals surface area contributed by atoms with Crippen LogP contribution in [0.1, 0.15) is 33.1 Å². The number of unbranched alkanes of at least 4 members (excludes halogenated alkanes) is 1. The first-order valence-corrected chi connectivity index (χ1v) is 6.56. The van der Waals surface area contributed by atoms with Crippen molar-refractivity contribution < 1.29 is 4.74 Å². The van der Waals surface area contributed by atoms with E-state index in [-0.39, 0.29) is 0 Å². The molecule has 0 aromatic heterocycles. The smallest absolute Gasteiger partial charge is 0.0590 e. The van der Waals surface area contributed by atoms with E-state index in [1.807, 2.05) is 0 Å². The van der Waals surface area contributed by atoms with Crippen LogP contribution in [0, 0.1) is 5.92 Å². The monoisotopic (exact) mass is 230 g/mol. The van der Waals surface area contributed by atoms with Crippen molar-refractivity contribution in [2.24, 2.45) is 5.92 Å². The second-order valence-corrected chi connectivity index (χ2v) is 5.06. The molecule has 0 aliphatic rings. The average Bonchev–Trinajstić information content (AvgIpc) is 2.20. The fourth-order valence-electron chi connectivity index (χ4n) is 1.37. The van der Waals surface area contributed by atoms with Crippen molar-refractivity contribution in [2.75, 3.05) is 46.9 Å². The first kappa shape index (κ1) is 15.9. The third kappa shape index (κ3) is 13.9. The maximum Gasteiger partial charge on any atom is 0.0590 e. The third-order valence-corrected chi connectivity index (χ3v) is 2.47. The minimum absolute atomic E-state index is 0.749. The lowest BCUT2D eigenvalue weighted by Gasteiger charge is -2.10. The quantitative estimate of drug-likeness (QED) is 0.549. The van der Waals surface area contributed by atoms with Gasteiger partial charge in [0.1, 0.15) is 0 Å². The average molecular weight is 230 g/mol. The Morgan fingerprint density at radius 2 is 1.81 bits per heavy atom. The van der Waals surface area contributed by atoms with Crippen LogP contribution >= 0.6 is 0 Å². The number of hydrogen-bond acceptors (Lipinski definition) is 3. The van der Waals surface area contributed by atoms with Gasteiger partial charge in [0.25, 0.3) is 0 Å². The summed E-state index contributed by atoms with van der Waals surface area (Å²) in [4.78, 5) is 2.23. The Balaban J connectivity index is 2.93. The highest BCUT2D eigenvalue weighted by Crippen LogP contribution is 1.98. The number of nitrogens with one attached hydrogen (secondary N) is 1. The van der Waals surface area contributed by atoms with Crippen molar-refractivity contribution in [3.8, 4) is 0 Å². The number of ether oxygens (including phenoxy) is 1. The molecule has 0 fully saturated rings. The van der Waals surface area contributed by atoms with Crippen molar-refractivity contribution in [3.05, 3.63) is 0 Å². The first-order valence-electron chi connectivity index (χ1n) is 6.56. The van der Waals surface area contributed by atoms with Gasteiger partial charge in [-0.15, -0.1) is 0 Å². The third-order valence-electron chi connectivity index (χ3n) is 2.47. The number of hydrogen-bond donors (Lipinski definition) is 1. The molecule has 16 heavy (non-hydrogen) atoms. The topological polar surface area (TPSA) is 24.5 Å². The van der Waals surface area contributed by atoms with Gasteiger partial charge in [0.05, 0.1) is 6.61 Å². The van der Waals surface area contributed by atoms with Crippen molar-refractivity contribution in [2.45, 2.75) is 33.1 Å². The van der Waals surface area contributed by atoms with E-state index in [0.717, 1.165) is 32.2 Å². The summed E-state index contributed by atoms with van der Waals surface area (Å²) in [6, 6.07) is 0. The summed E-state index contributed by atoms with van der Waals surface area (Å²) in [6.07, 6.45) is 3.70. The molecule has 0 spiro atoms. The molecule has 0 saturated carbocycles. The predicted octanol–water partition coefficient (Wildman–Crippen LogP) is 1.98. The molecule has 0 saturated heterocycles. The van der Waals surface area contributed by atoms with E-state index >= 15 is 0 Å². The van der Waals surface area contributed by atoms with Crippen LogP contribution < -0.4 is 5.32 Å². The van der Waals surface area contributed by atoms with Gasteiger partial charge in [-0.3, -0.25) is 0 Å². The molecule has 0 radical (unpaired) electrons. The lowest BCUT2D eigenvalue weighted by atomic mass is 10.1. The Hall–Kier alpha value is -0.120. The molecule has 1 N–H and O–H groups in total. The van der Waals surface area contributed by atoms with Gasteiger partial charge in [0, 0.05) is 13.2 Å². The second kappa shape index (κ2) is 11.4. The summed E-state index contributed by atoms with van der Waals surface area (Å²) >= 11 is 0. The molecule has 0 unspecified atom stereocenters. The van der Waals surface area contributed by atoms with Gasteiger partial charge in [-0.2, -0.15) is 0 Å². The van der Waals surface area contributed by atoms with E-state index in [1.54, 1.807) is 0 Å². The van der Waals surface area contributed by atoms with Gasteiger partial charge in [-0.25, -0.2) is 0 Å². The molecule has 0 aromatic carbocycles. The molecule has 0 rings (SSSR count). The predicted molar refractivity (Wildman–Crippen MR) is 70.9 cm³/mol. The summed E-state index contributed by atoms with van der Waals surface area (Å²) in [6.45, 7) is 9.49. The SMILES string of the molecule is CC(C)CCOCCNCCCCN(C)C. The van der Waals surface area contributed by atoms with E-state index in [1.165, 1.54) is 25.8 Å². The Morgan fingerprint density at radius 3 is 2.44 bits per heavy atom. The maximum atomic E-state index is 5.52. The normalized spacial score (nSPS) is 11.6. The van der Waals surface area contributed by atoms with Gasteiger partial charge >= 0.3 is 0 Å². The van der Waals surface area contributed by atoms with Crippen LogP contribution in [0.25, 0.3) is 0 Å². The Morgan fingerprint density at radius 1 is 1.06 bits per heavy atom. The Bertz CT molecular complexity index is 122. The fourth-order valence-corrected chi connectivity index (χ4v) is 1.37. The zero-order chi connectivity index (χ0) is 12.2. The molecule has 0 heterocycles. The number of rotatable bonds is 11. The molecule has 0 atom stereocenters. The summed E-state index contributed by atoms with van der Waals surface area (Å²) in [5.41, 5.74) is 0. The zero-order valence-electron chi connectivity index (χ0n) is 11.6. The Kier molecular flexibility index (Phi) is 11.3. The van der Waals surface area contributed by atoms with Crippen molar-refractivity contribution in [1.29, 1.82) is 0 Å². The summed E-state index contributed by atoms with van der Waals surface area (Å²) in [5.74, 6) is 0.749. The molecule has 98 valence electrons. The Labute approximate surface area is 102 Å². The minimum Gasteiger partial charge on any atom is -0.380 e. The minimum atomic E-state index is 0.749. The molecular formula is C13H30N2O. The highest BCUT2D eigenvalue weighted by atomic mass is 16.5. The summed E-state index contributed by atoms with van der Waals surface area (Å²) in [7, 11) is 4.24. The maximum absolute atomic E-state index is 5.52. The van der Waals surface area contributed by atoms with Gasteiger partial charge < -0.3 is 15.0 Å². The lowest BCUT2D eigenvalue weighted by Crippen LogP contribution is -2.22. The first-order chi connectivity index (χ1) is 7.63. The van der Waals surface area contributed by atoms with E-state index in [2.05, 4.69) is 38.2 Å². The standard InChI is InChI=1S/C13H30N2O/c1-13(2)7-11-16-12-9-14-8-5-6-10-15(3)4/h13-14H,5-12H2,1-4H3. The van der Waals surface area contributed by atoms with Gasteiger partial charge in [-0.1, -0.05) is 13.8 Å². The lowest BCUT2D eigenvalue weighted by molar-refractivity contribution is 0.125. The molecule has 3 heteroatoms. The van der Waals surface area contributed by atoms with E-state index in [9.17, 15) is 0 Å². The van der Waals surface area contributed by atoms with Crippen molar-refractivity contribution in [1.82, 2.24) is 10.2 Å². The van der Waals surface area contributed by atoms with Crippen LogP contribution in [0.5, 0.6) is 0 Å². The van der Waals surface area contributed by atoms with Crippen LogP contribution in [0.4, 0.5) is 0 Å². The highest BCUT2D eigenvalue weighted by molar-refractivity contribution is 4.50. The van der Waals surface area contributed by atoms with Crippen molar-refractivity contribution in [3.63, 3.8) is 0 Å². The number of nitrogens with zero attached hydrogens (tertiary/aromatic N) is 1. The second-order valence-electron chi connectivity index (χ2n) is 5.06. The van der Waals surface area contributed by atoms with Crippen LogP contribution in [0.15, 0.2) is 0 Å². The summed E-state index contributed by atoms with van der Waals surface area (Å²) < 4.78 is 5.52.